The lowest BCUT2D eigenvalue weighted by Gasteiger charge is -2.36. The number of carbonyl (C=O) groups is 1. The Kier molecular flexibility index (Phi) is 9.78. The number of benzene rings is 1. The van der Waals surface area contributed by atoms with Crippen molar-refractivity contribution in [2.45, 2.75) is 39.7 Å². The lowest BCUT2D eigenvalue weighted by molar-refractivity contribution is -0.917. The van der Waals surface area contributed by atoms with Gasteiger partial charge in [0.05, 0.1) is 24.7 Å². The van der Waals surface area contributed by atoms with E-state index in [1.807, 2.05) is 6.92 Å². The van der Waals surface area contributed by atoms with Crippen LogP contribution < -0.4 is 23.9 Å². The summed E-state index contributed by atoms with van der Waals surface area (Å²) in [6, 6.07) is 5.29. The third kappa shape index (κ3) is 6.68. The molecule has 4 nitrogen and oxygen atoms in total. The first-order chi connectivity index (χ1) is 10.3. The number of rotatable bonds is 9. The predicted molar refractivity (Wildman–Crippen MR) is 94.2 cm³/mol. The Morgan fingerprint density at radius 2 is 1.91 bits per heavy atom. The number of likely N-dealkylation sites (N-methyl/N-ethyl adjacent to an activating group) is 1. The predicted octanol–water partition coefficient (Wildman–Crippen LogP) is 0.0929. The monoisotopic (exact) mass is 361 g/mol. The topological polar surface area (TPSA) is 69.1 Å². The van der Waals surface area contributed by atoms with E-state index in [2.05, 4.69) is 13.8 Å². The molecule has 0 spiro atoms. The van der Waals surface area contributed by atoms with Crippen LogP contribution >= 0.6 is 11.6 Å². The van der Waals surface area contributed by atoms with Gasteiger partial charge in [-0.3, -0.25) is 4.79 Å². The molecular weight excluding hydrogens is 333 g/mol. The third-order valence-corrected chi connectivity index (χ3v) is 4.72. The molecule has 1 aromatic carbocycles. The SMILES string of the molecule is CC[N+](CC)(CCCC(C)N)CC(=O)c1ccc(N)cc1Cl.[Cl-]. The van der Waals surface area contributed by atoms with Crippen molar-refractivity contribution in [3.8, 4) is 0 Å². The van der Waals surface area contributed by atoms with Gasteiger partial charge in [-0.05, 0) is 51.8 Å². The lowest BCUT2D eigenvalue weighted by Crippen LogP contribution is -3.00. The second kappa shape index (κ2) is 10.1. The molecule has 23 heavy (non-hydrogen) atoms. The number of nitrogen functional groups attached to an aromatic ring is 1. The smallest absolute Gasteiger partial charge is 0.218 e. The van der Waals surface area contributed by atoms with Crippen LogP contribution in [-0.2, 0) is 0 Å². The maximum absolute atomic E-state index is 12.6. The van der Waals surface area contributed by atoms with E-state index in [1.165, 1.54) is 0 Å². The van der Waals surface area contributed by atoms with Gasteiger partial charge in [-0.15, -0.1) is 0 Å². The van der Waals surface area contributed by atoms with E-state index in [0.29, 0.717) is 22.8 Å². The second-order valence-electron chi connectivity index (χ2n) is 6.14. The van der Waals surface area contributed by atoms with Gasteiger partial charge in [-0.1, -0.05) is 11.6 Å². The molecule has 0 amide bonds. The number of carbonyl (C=O) groups excluding carboxylic acids is 1. The molecule has 0 aliphatic carbocycles. The minimum atomic E-state index is 0. The van der Waals surface area contributed by atoms with Gasteiger partial charge in [0.1, 0.15) is 6.54 Å². The van der Waals surface area contributed by atoms with E-state index in [0.717, 1.165) is 37.0 Å². The Hall–Kier alpha value is -0.810. The second-order valence-corrected chi connectivity index (χ2v) is 6.54. The largest absolute Gasteiger partial charge is 1.00 e. The summed E-state index contributed by atoms with van der Waals surface area (Å²) in [6.07, 6.45) is 2.01. The third-order valence-electron chi connectivity index (χ3n) is 4.41. The number of nitrogens with zero attached hydrogens (tertiary/aromatic N) is 1. The number of hydrogen-bond donors (Lipinski definition) is 2. The highest BCUT2D eigenvalue weighted by Crippen LogP contribution is 2.21. The summed E-state index contributed by atoms with van der Waals surface area (Å²) in [5.41, 5.74) is 12.7. The number of nitrogens with two attached hydrogens (primary N) is 2. The summed E-state index contributed by atoms with van der Waals surface area (Å²) in [7, 11) is 0. The van der Waals surface area contributed by atoms with E-state index in [9.17, 15) is 4.79 Å². The van der Waals surface area contributed by atoms with Crippen molar-refractivity contribution in [3.63, 3.8) is 0 Å². The highest BCUT2D eigenvalue weighted by Gasteiger charge is 2.28. The lowest BCUT2D eigenvalue weighted by atomic mass is 10.1. The minimum Gasteiger partial charge on any atom is -1.00 e. The normalized spacial score (nSPS) is 12.6. The highest BCUT2D eigenvalue weighted by molar-refractivity contribution is 6.34. The van der Waals surface area contributed by atoms with Crippen molar-refractivity contribution in [1.82, 2.24) is 0 Å². The first-order valence-corrected chi connectivity index (χ1v) is 8.40. The molecule has 0 aliphatic heterocycles. The van der Waals surface area contributed by atoms with E-state index in [-0.39, 0.29) is 24.2 Å². The van der Waals surface area contributed by atoms with Gasteiger partial charge in [0.25, 0.3) is 0 Å². The molecule has 1 unspecified atom stereocenters. The number of halogens is 2. The molecule has 1 atom stereocenters. The maximum atomic E-state index is 12.6. The molecule has 0 radical (unpaired) electrons. The van der Waals surface area contributed by atoms with Crippen LogP contribution in [0.1, 0.15) is 44.0 Å². The molecule has 0 saturated carbocycles. The molecule has 1 aromatic rings. The molecule has 132 valence electrons. The first-order valence-electron chi connectivity index (χ1n) is 8.02. The standard InChI is InChI=1S/C17H28ClN3O.ClH/c1-4-21(5-2,10-6-7-13(3)19)12-17(22)15-9-8-14(20)11-16(15)18;/h8-9,11,13H,4-7,10,12,19H2,1-3H3,(H-,20,22);1H. The average Bonchev–Trinajstić information content (AvgIpc) is 2.45. The molecule has 4 N–H and O–H groups in total. The van der Waals surface area contributed by atoms with Crippen molar-refractivity contribution in [2.75, 3.05) is 31.9 Å². The zero-order chi connectivity index (χ0) is 16.8. The number of anilines is 1. The number of quaternary nitrogens is 1. The van der Waals surface area contributed by atoms with Crippen molar-refractivity contribution in [1.29, 1.82) is 0 Å². The van der Waals surface area contributed by atoms with Gasteiger partial charge in [0.2, 0.25) is 5.78 Å². The van der Waals surface area contributed by atoms with Crippen LogP contribution in [0.25, 0.3) is 0 Å². The number of hydrogen-bond acceptors (Lipinski definition) is 3. The Morgan fingerprint density at radius 3 is 2.39 bits per heavy atom. The van der Waals surface area contributed by atoms with Crippen LogP contribution in [0.2, 0.25) is 5.02 Å². The van der Waals surface area contributed by atoms with Crippen LogP contribution in [0.5, 0.6) is 0 Å². The molecule has 0 aromatic heterocycles. The summed E-state index contributed by atoms with van der Waals surface area (Å²) in [5.74, 6) is 0.0782. The number of Topliss-reactive ketones (excluding diaryl/α,β-unsaturated/α-hetero) is 1. The zero-order valence-electron chi connectivity index (χ0n) is 14.3. The molecular formula is C17H29Cl2N3O. The van der Waals surface area contributed by atoms with Gasteiger partial charge in [0, 0.05) is 17.3 Å². The molecule has 0 bridgehead atoms. The molecule has 0 saturated heterocycles. The van der Waals surface area contributed by atoms with Gasteiger partial charge in [-0.25, -0.2) is 0 Å². The molecule has 0 heterocycles. The maximum Gasteiger partial charge on any atom is 0.218 e. The highest BCUT2D eigenvalue weighted by atomic mass is 35.5. The average molecular weight is 362 g/mol. The van der Waals surface area contributed by atoms with Crippen molar-refractivity contribution >= 4 is 23.1 Å². The van der Waals surface area contributed by atoms with Crippen LogP contribution in [0.3, 0.4) is 0 Å². The van der Waals surface area contributed by atoms with E-state index >= 15 is 0 Å². The van der Waals surface area contributed by atoms with E-state index in [1.54, 1.807) is 18.2 Å². The van der Waals surface area contributed by atoms with E-state index < -0.39 is 0 Å². The van der Waals surface area contributed by atoms with Crippen LogP contribution in [0, 0.1) is 0 Å². The summed E-state index contributed by atoms with van der Waals surface area (Å²) < 4.78 is 0.770. The number of ketones is 1. The van der Waals surface area contributed by atoms with E-state index in [4.69, 9.17) is 23.1 Å². The Morgan fingerprint density at radius 1 is 1.30 bits per heavy atom. The van der Waals surface area contributed by atoms with Crippen molar-refractivity contribution in [2.24, 2.45) is 5.73 Å². The Bertz CT molecular complexity index is 503. The molecule has 0 aliphatic rings. The summed E-state index contributed by atoms with van der Waals surface area (Å²) in [4.78, 5) is 12.6. The summed E-state index contributed by atoms with van der Waals surface area (Å²) in [5, 5.41) is 0.436. The fraction of sp³-hybridized carbons (Fsp3) is 0.588. The van der Waals surface area contributed by atoms with Crippen LogP contribution in [0.15, 0.2) is 18.2 Å². The van der Waals surface area contributed by atoms with Gasteiger partial charge in [0.15, 0.2) is 0 Å². The summed E-state index contributed by atoms with van der Waals surface area (Å²) in [6.45, 7) is 9.57. The molecule has 0 fully saturated rings. The molecule has 6 heteroatoms. The van der Waals surface area contributed by atoms with Crippen molar-refractivity contribution < 1.29 is 21.7 Å². The van der Waals surface area contributed by atoms with Crippen LogP contribution in [0.4, 0.5) is 5.69 Å². The molecule has 1 rings (SSSR count). The van der Waals surface area contributed by atoms with Crippen molar-refractivity contribution in [3.05, 3.63) is 28.8 Å². The summed E-state index contributed by atoms with van der Waals surface area (Å²) >= 11 is 6.16. The van der Waals surface area contributed by atoms with Gasteiger partial charge < -0.3 is 28.4 Å². The minimum absolute atomic E-state index is 0. The fourth-order valence-corrected chi connectivity index (χ4v) is 3.03. The van der Waals surface area contributed by atoms with Crippen LogP contribution in [-0.4, -0.2) is 42.5 Å². The zero-order valence-corrected chi connectivity index (χ0v) is 15.8. The first kappa shape index (κ1) is 22.2. The van der Waals surface area contributed by atoms with Gasteiger partial charge in [-0.2, -0.15) is 0 Å². The Balaban J connectivity index is 0.00000484. The fourth-order valence-electron chi connectivity index (χ4n) is 2.74. The van der Waals surface area contributed by atoms with Gasteiger partial charge >= 0.3 is 0 Å². The Labute approximate surface area is 151 Å². The quantitative estimate of drug-likeness (QED) is 0.372.